The Hall–Kier alpha value is -2.97. The van der Waals surface area contributed by atoms with E-state index in [1.165, 1.54) is 27.8 Å². The molecule has 1 aromatic carbocycles. The lowest BCUT2D eigenvalue weighted by Gasteiger charge is -2.32. The van der Waals surface area contributed by atoms with Gasteiger partial charge in [0.05, 0.1) is 23.8 Å². The summed E-state index contributed by atoms with van der Waals surface area (Å²) in [6.07, 6.45) is 0. The van der Waals surface area contributed by atoms with Gasteiger partial charge in [0.1, 0.15) is 18.2 Å². The summed E-state index contributed by atoms with van der Waals surface area (Å²) in [6.45, 7) is 4.74. The highest BCUT2D eigenvalue weighted by Crippen LogP contribution is 2.32. The van der Waals surface area contributed by atoms with Crippen molar-refractivity contribution in [2.24, 2.45) is 5.73 Å². The van der Waals surface area contributed by atoms with E-state index in [0.717, 1.165) is 0 Å². The van der Waals surface area contributed by atoms with Crippen LogP contribution >= 0.6 is 0 Å². The third-order valence-electron chi connectivity index (χ3n) is 4.43. The zero-order valence-electron chi connectivity index (χ0n) is 16.0. The van der Waals surface area contributed by atoms with Crippen LogP contribution in [0.5, 0.6) is 0 Å². The van der Waals surface area contributed by atoms with Crippen molar-refractivity contribution >= 4 is 11.9 Å². The second-order valence-electron chi connectivity index (χ2n) is 7.86. The van der Waals surface area contributed by atoms with Crippen LogP contribution in [0.25, 0.3) is 11.3 Å². The van der Waals surface area contributed by atoms with Crippen molar-refractivity contribution in [1.82, 2.24) is 20.0 Å². The van der Waals surface area contributed by atoms with E-state index in [4.69, 9.17) is 5.73 Å². The van der Waals surface area contributed by atoms with Gasteiger partial charge in [0.25, 0.3) is 5.91 Å². The van der Waals surface area contributed by atoms with Gasteiger partial charge >= 0.3 is 6.03 Å². The molecule has 3 rings (SSSR count). The summed E-state index contributed by atoms with van der Waals surface area (Å²) in [5, 5.41) is 7.29. The smallest absolute Gasteiger partial charge is 0.315 e. The second-order valence-corrected chi connectivity index (χ2v) is 7.86. The topological polar surface area (TPSA) is 93.2 Å². The third kappa shape index (κ3) is 3.83. The van der Waals surface area contributed by atoms with E-state index in [0.29, 0.717) is 11.3 Å². The first-order valence-electron chi connectivity index (χ1n) is 8.91. The van der Waals surface area contributed by atoms with Crippen LogP contribution in [0.3, 0.4) is 0 Å². The number of urea groups is 1. The summed E-state index contributed by atoms with van der Waals surface area (Å²) in [5.74, 6) is -0.914. The number of nitrogens with one attached hydrogen (secondary N) is 1. The molecule has 0 saturated carbocycles. The Morgan fingerprint density at radius 2 is 2.07 bits per heavy atom. The number of aromatic nitrogens is 2. The quantitative estimate of drug-likeness (QED) is 0.842. The average Bonchev–Trinajstić information content (AvgIpc) is 2.99. The third-order valence-corrected chi connectivity index (χ3v) is 4.43. The van der Waals surface area contributed by atoms with Crippen LogP contribution < -0.4 is 11.1 Å². The minimum Gasteiger partial charge on any atom is -0.351 e. The Kier molecular flexibility index (Phi) is 5.10. The van der Waals surface area contributed by atoms with Crippen LogP contribution in [0, 0.1) is 5.82 Å². The van der Waals surface area contributed by atoms with Crippen LogP contribution in [0.4, 0.5) is 13.6 Å². The first-order chi connectivity index (χ1) is 13.1. The Morgan fingerprint density at radius 1 is 1.36 bits per heavy atom. The number of benzene rings is 1. The Balaban J connectivity index is 2.20. The van der Waals surface area contributed by atoms with Crippen LogP contribution in [-0.4, -0.2) is 45.4 Å². The largest absolute Gasteiger partial charge is 0.351 e. The van der Waals surface area contributed by atoms with Gasteiger partial charge in [0, 0.05) is 17.6 Å². The number of carbonyl (C=O) groups excluding carboxylic acids is 2. The van der Waals surface area contributed by atoms with E-state index >= 15 is 0 Å². The van der Waals surface area contributed by atoms with Crippen molar-refractivity contribution in [3.63, 3.8) is 0 Å². The number of halogens is 2. The van der Waals surface area contributed by atoms with Gasteiger partial charge in [0.15, 0.2) is 0 Å². The van der Waals surface area contributed by atoms with E-state index in [1.807, 2.05) is 20.8 Å². The molecule has 3 amide bonds. The number of nitrogens with two attached hydrogens (primary N) is 1. The molecule has 1 atom stereocenters. The maximum Gasteiger partial charge on any atom is 0.315 e. The molecule has 1 aliphatic rings. The lowest BCUT2D eigenvalue weighted by Crippen LogP contribution is -2.46. The molecule has 3 N–H and O–H groups in total. The van der Waals surface area contributed by atoms with Crippen molar-refractivity contribution < 1.29 is 18.4 Å². The minimum atomic E-state index is -0.790. The van der Waals surface area contributed by atoms with Crippen LogP contribution in [0.1, 0.15) is 42.9 Å². The highest BCUT2D eigenvalue weighted by Gasteiger charge is 2.35. The molecule has 0 fully saturated rings. The second kappa shape index (κ2) is 7.21. The van der Waals surface area contributed by atoms with Gasteiger partial charge in [-0.15, -0.1) is 0 Å². The molecule has 0 bridgehead atoms. The van der Waals surface area contributed by atoms with E-state index in [9.17, 15) is 18.4 Å². The lowest BCUT2D eigenvalue weighted by atomic mass is 10.0. The number of nitrogens with zero attached hydrogens (tertiary/aromatic N) is 3. The fourth-order valence-electron chi connectivity index (χ4n) is 3.26. The fraction of sp³-hybridized carbons (Fsp3) is 0.421. The summed E-state index contributed by atoms with van der Waals surface area (Å²) >= 11 is 0. The molecule has 150 valence electrons. The summed E-state index contributed by atoms with van der Waals surface area (Å²) in [6, 6.07) is 4.20. The molecule has 7 nitrogen and oxygen atoms in total. The van der Waals surface area contributed by atoms with E-state index in [1.54, 1.807) is 6.07 Å². The Morgan fingerprint density at radius 3 is 2.64 bits per heavy atom. The van der Waals surface area contributed by atoms with Gasteiger partial charge in [-0.1, -0.05) is 12.1 Å². The number of hydrogen-bond donors (Lipinski definition) is 2. The number of amides is 3. The maximum absolute atomic E-state index is 13.8. The molecule has 0 spiro atoms. The normalized spacial score (nSPS) is 16.6. The molecule has 2 heterocycles. The van der Waals surface area contributed by atoms with Crippen molar-refractivity contribution in [2.75, 3.05) is 13.2 Å². The summed E-state index contributed by atoms with van der Waals surface area (Å²) in [5.41, 5.74) is 6.04. The summed E-state index contributed by atoms with van der Waals surface area (Å²) < 4.78 is 28.9. The van der Waals surface area contributed by atoms with Gasteiger partial charge in [-0.25, -0.2) is 13.6 Å². The standard InChI is InChI=1S/C19H23F2N5O2/c1-19(2,3)23-17(27)15-14-10-25(18(22)28)9-13(8-20)26(14)24-16(15)11-5-4-6-12(21)7-11/h4-7,13H,8-10H2,1-3H3,(H2,22,28)(H,23,27). The fourth-order valence-corrected chi connectivity index (χ4v) is 3.26. The van der Waals surface area contributed by atoms with Crippen molar-refractivity contribution in [2.45, 2.75) is 38.9 Å². The molecule has 1 unspecified atom stereocenters. The number of rotatable bonds is 3. The van der Waals surface area contributed by atoms with Crippen molar-refractivity contribution in [3.05, 3.63) is 41.3 Å². The SMILES string of the molecule is CC(C)(C)NC(=O)c1c(-c2cccc(F)c2)nn2c1CN(C(N)=O)CC2CF. The van der Waals surface area contributed by atoms with Gasteiger partial charge in [-0.05, 0) is 32.9 Å². The number of alkyl halides is 1. The molecule has 1 aromatic heterocycles. The van der Waals surface area contributed by atoms with Crippen LogP contribution in [-0.2, 0) is 6.54 Å². The Bertz CT molecular complexity index is 920. The van der Waals surface area contributed by atoms with Gasteiger partial charge < -0.3 is 16.0 Å². The molecule has 0 saturated heterocycles. The van der Waals surface area contributed by atoms with Crippen molar-refractivity contribution in [1.29, 1.82) is 0 Å². The molecular formula is C19H23F2N5O2. The maximum atomic E-state index is 13.8. The summed E-state index contributed by atoms with van der Waals surface area (Å²) in [4.78, 5) is 26.0. The molecular weight excluding hydrogens is 368 g/mol. The number of primary amides is 1. The molecule has 2 aromatic rings. The zero-order valence-corrected chi connectivity index (χ0v) is 16.0. The molecule has 28 heavy (non-hydrogen) atoms. The van der Waals surface area contributed by atoms with Gasteiger partial charge in [-0.3, -0.25) is 9.48 Å². The monoisotopic (exact) mass is 391 g/mol. The van der Waals surface area contributed by atoms with Gasteiger partial charge in [-0.2, -0.15) is 5.10 Å². The van der Waals surface area contributed by atoms with Crippen molar-refractivity contribution in [3.8, 4) is 11.3 Å². The number of fused-ring (bicyclic) bond motifs is 1. The first-order valence-corrected chi connectivity index (χ1v) is 8.91. The molecule has 9 heteroatoms. The van der Waals surface area contributed by atoms with Crippen LogP contribution in [0.15, 0.2) is 24.3 Å². The van der Waals surface area contributed by atoms with E-state index < -0.39 is 36.0 Å². The Labute approximate surface area is 161 Å². The highest BCUT2D eigenvalue weighted by molar-refractivity contribution is 6.01. The molecule has 0 aliphatic carbocycles. The summed E-state index contributed by atoms with van der Waals surface area (Å²) in [7, 11) is 0. The lowest BCUT2D eigenvalue weighted by molar-refractivity contribution is 0.0915. The van der Waals surface area contributed by atoms with Gasteiger partial charge in [0.2, 0.25) is 0 Å². The average molecular weight is 391 g/mol. The zero-order chi connectivity index (χ0) is 20.6. The van der Waals surface area contributed by atoms with Crippen LogP contribution in [0.2, 0.25) is 0 Å². The predicted molar refractivity (Wildman–Crippen MR) is 99.8 cm³/mol. The number of carbonyl (C=O) groups is 2. The van der Waals surface area contributed by atoms with E-state index in [-0.39, 0.29) is 24.3 Å². The highest BCUT2D eigenvalue weighted by atomic mass is 19.1. The first kappa shape index (κ1) is 19.8. The number of hydrogen-bond acceptors (Lipinski definition) is 3. The minimum absolute atomic E-state index is 0.0149. The molecule has 1 aliphatic heterocycles. The predicted octanol–water partition coefficient (Wildman–Crippen LogP) is 2.62. The van der Waals surface area contributed by atoms with E-state index in [2.05, 4.69) is 10.4 Å². The molecule has 0 radical (unpaired) electrons.